The summed E-state index contributed by atoms with van der Waals surface area (Å²) in [6.07, 6.45) is 7.16. The van der Waals surface area contributed by atoms with Gasteiger partial charge in [0.15, 0.2) is 5.78 Å². The van der Waals surface area contributed by atoms with E-state index in [-0.39, 0.29) is 30.0 Å². The van der Waals surface area contributed by atoms with Crippen molar-refractivity contribution in [2.45, 2.75) is 39.0 Å². The van der Waals surface area contributed by atoms with Gasteiger partial charge in [-0.3, -0.25) is 14.4 Å². The van der Waals surface area contributed by atoms with Crippen molar-refractivity contribution in [3.05, 3.63) is 41.5 Å². The molecule has 0 aromatic heterocycles. The molecule has 28 heavy (non-hydrogen) atoms. The zero-order valence-electron chi connectivity index (χ0n) is 16.3. The molecule has 150 valence electrons. The number of anilines is 1. The number of benzene rings is 1. The summed E-state index contributed by atoms with van der Waals surface area (Å²) in [5, 5.41) is 6.19. The molecule has 6 heteroatoms. The van der Waals surface area contributed by atoms with Crippen molar-refractivity contribution in [3.8, 4) is 0 Å². The Morgan fingerprint density at radius 1 is 1.25 bits per heavy atom. The van der Waals surface area contributed by atoms with Crippen molar-refractivity contribution in [2.75, 3.05) is 25.0 Å². The number of piperidine rings is 1. The molecule has 1 atom stereocenters. The Hall–Kier alpha value is -2.47. The second kappa shape index (κ2) is 9.64. The number of carbonyl (C=O) groups is 3. The van der Waals surface area contributed by atoms with Gasteiger partial charge in [0.2, 0.25) is 5.91 Å². The van der Waals surface area contributed by atoms with Crippen LogP contribution in [0.3, 0.4) is 0 Å². The van der Waals surface area contributed by atoms with Gasteiger partial charge in [-0.1, -0.05) is 6.08 Å². The monoisotopic (exact) mass is 384 g/mol. The number of allylic oxidation sites excluding steroid dienone is 1. The number of amides is 1. The maximum atomic E-state index is 12.7. The van der Waals surface area contributed by atoms with Crippen LogP contribution in [0.5, 0.6) is 0 Å². The number of ketones is 1. The van der Waals surface area contributed by atoms with Crippen LogP contribution in [0, 0.1) is 11.8 Å². The second-order valence-electron chi connectivity index (χ2n) is 7.42. The van der Waals surface area contributed by atoms with Crippen molar-refractivity contribution in [3.63, 3.8) is 0 Å². The third-order valence-electron chi connectivity index (χ3n) is 5.39. The molecule has 0 bridgehead atoms. The van der Waals surface area contributed by atoms with Gasteiger partial charge < -0.3 is 15.4 Å². The molecular formula is C22H28N2O4. The predicted octanol–water partition coefficient (Wildman–Crippen LogP) is 2.88. The quantitative estimate of drug-likeness (QED) is 0.582. The summed E-state index contributed by atoms with van der Waals surface area (Å²) in [5.74, 6) is -0.364. The molecule has 1 aromatic carbocycles. The lowest BCUT2D eigenvalue weighted by atomic mass is 9.81. The molecule has 0 radical (unpaired) electrons. The fraction of sp³-hybridized carbons (Fsp3) is 0.500. The average Bonchev–Trinajstić information content (AvgIpc) is 2.69. The summed E-state index contributed by atoms with van der Waals surface area (Å²) in [7, 11) is 0. The summed E-state index contributed by atoms with van der Waals surface area (Å²) >= 11 is 0. The number of aryl methyl sites for hydroxylation is 1. The first-order chi connectivity index (χ1) is 13.6. The van der Waals surface area contributed by atoms with E-state index in [0.717, 1.165) is 31.5 Å². The van der Waals surface area contributed by atoms with E-state index in [1.54, 1.807) is 25.1 Å². The fourth-order valence-electron chi connectivity index (χ4n) is 3.86. The number of Topliss-reactive ketones (excluding diaryl/α,β-unsaturated/α-hetero) is 1. The summed E-state index contributed by atoms with van der Waals surface area (Å²) in [5.41, 5.74) is 2.25. The maximum absolute atomic E-state index is 12.7. The number of carbonyl (C=O) groups excluding carboxylic acids is 3. The van der Waals surface area contributed by atoms with E-state index in [0.29, 0.717) is 36.6 Å². The molecule has 6 nitrogen and oxygen atoms in total. The van der Waals surface area contributed by atoms with E-state index in [1.807, 2.05) is 12.1 Å². The third kappa shape index (κ3) is 5.29. The average molecular weight is 384 g/mol. The highest BCUT2D eigenvalue weighted by atomic mass is 16.5. The molecule has 1 fully saturated rings. The molecule has 0 saturated carbocycles. The van der Waals surface area contributed by atoms with E-state index in [1.165, 1.54) is 0 Å². The summed E-state index contributed by atoms with van der Waals surface area (Å²) < 4.78 is 4.96. The van der Waals surface area contributed by atoms with Crippen LogP contribution >= 0.6 is 0 Å². The van der Waals surface area contributed by atoms with Crippen LogP contribution in [0.2, 0.25) is 0 Å². The number of nitrogens with one attached hydrogen (secondary N) is 2. The molecule has 2 N–H and O–H groups in total. The zero-order chi connectivity index (χ0) is 19.9. The Labute approximate surface area is 165 Å². The summed E-state index contributed by atoms with van der Waals surface area (Å²) in [6.45, 7) is 4.07. The number of hydrogen-bond acceptors (Lipinski definition) is 5. The lowest BCUT2D eigenvalue weighted by molar-refractivity contribution is -0.144. The Bertz CT molecular complexity index is 766. The molecule has 1 unspecified atom stereocenters. The largest absolute Gasteiger partial charge is 0.466 e. The molecule has 1 aliphatic heterocycles. The lowest BCUT2D eigenvalue weighted by Crippen LogP contribution is -2.27. The van der Waals surface area contributed by atoms with Gasteiger partial charge in [-0.2, -0.15) is 0 Å². The van der Waals surface area contributed by atoms with E-state index >= 15 is 0 Å². The second-order valence-corrected chi connectivity index (χ2v) is 7.42. The lowest BCUT2D eigenvalue weighted by Gasteiger charge is -2.23. The van der Waals surface area contributed by atoms with Gasteiger partial charge in [0.1, 0.15) is 0 Å². The topological polar surface area (TPSA) is 84.5 Å². The molecule has 0 spiro atoms. The smallest absolute Gasteiger partial charge is 0.306 e. The Morgan fingerprint density at radius 3 is 2.79 bits per heavy atom. The normalized spacial score (nSPS) is 20.0. The SMILES string of the molecule is CCOC(=O)CC1CCc2cc(NC(=O)/C=C/C3CCNCC3)ccc2C1=O. The highest BCUT2D eigenvalue weighted by Crippen LogP contribution is 2.30. The summed E-state index contributed by atoms with van der Waals surface area (Å²) in [6, 6.07) is 5.37. The Balaban J connectivity index is 1.59. The van der Waals surface area contributed by atoms with Gasteiger partial charge in [-0.15, -0.1) is 0 Å². The van der Waals surface area contributed by atoms with Crippen LogP contribution in [0.1, 0.15) is 48.5 Å². The van der Waals surface area contributed by atoms with Gasteiger partial charge in [0.25, 0.3) is 0 Å². The highest BCUT2D eigenvalue weighted by molar-refractivity contribution is 6.03. The first-order valence-electron chi connectivity index (χ1n) is 10.1. The number of rotatable bonds is 6. The predicted molar refractivity (Wildman–Crippen MR) is 107 cm³/mol. The van der Waals surface area contributed by atoms with Crippen molar-refractivity contribution in [1.82, 2.24) is 5.32 Å². The van der Waals surface area contributed by atoms with Crippen LogP contribution in [-0.4, -0.2) is 37.4 Å². The summed E-state index contributed by atoms with van der Waals surface area (Å²) in [4.78, 5) is 36.5. The van der Waals surface area contributed by atoms with E-state index in [4.69, 9.17) is 4.74 Å². The highest BCUT2D eigenvalue weighted by Gasteiger charge is 2.29. The molecule has 1 heterocycles. The van der Waals surface area contributed by atoms with E-state index in [9.17, 15) is 14.4 Å². The van der Waals surface area contributed by atoms with Crippen molar-refractivity contribution in [1.29, 1.82) is 0 Å². The minimum absolute atomic E-state index is 0.0158. The molecule has 3 rings (SSSR count). The molecule has 1 aromatic rings. The van der Waals surface area contributed by atoms with Gasteiger partial charge in [0, 0.05) is 17.2 Å². The number of fused-ring (bicyclic) bond motifs is 1. The number of esters is 1. The number of ether oxygens (including phenoxy) is 1. The van der Waals surface area contributed by atoms with Crippen LogP contribution in [0.15, 0.2) is 30.4 Å². The van der Waals surface area contributed by atoms with Gasteiger partial charge in [0.05, 0.1) is 13.0 Å². The fourth-order valence-corrected chi connectivity index (χ4v) is 3.86. The third-order valence-corrected chi connectivity index (χ3v) is 5.39. The molecule has 2 aliphatic rings. The Kier molecular flexibility index (Phi) is 6.98. The van der Waals surface area contributed by atoms with Gasteiger partial charge in [-0.25, -0.2) is 0 Å². The number of hydrogen-bond donors (Lipinski definition) is 2. The first kappa shape index (κ1) is 20.3. The molecule has 1 saturated heterocycles. The van der Waals surface area contributed by atoms with Crippen LogP contribution < -0.4 is 10.6 Å². The minimum Gasteiger partial charge on any atom is -0.466 e. The van der Waals surface area contributed by atoms with E-state index in [2.05, 4.69) is 10.6 Å². The molecule has 1 amide bonds. The van der Waals surface area contributed by atoms with Crippen molar-refractivity contribution in [2.24, 2.45) is 11.8 Å². The van der Waals surface area contributed by atoms with Crippen LogP contribution in [-0.2, 0) is 20.7 Å². The van der Waals surface area contributed by atoms with Crippen molar-refractivity contribution >= 4 is 23.3 Å². The minimum atomic E-state index is -0.325. The van der Waals surface area contributed by atoms with Crippen molar-refractivity contribution < 1.29 is 19.1 Å². The first-order valence-corrected chi connectivity index (χ1v) is 10.1. The molecule has 1 aliphatic carbocycles. The molecular weight excluding hydrogens is 356 g/mol. The Morgan fingerprint density at radius 2 is 2.04 bits per heavy atom. The van der Waals surface area contributed by atoms with Gasteiger partial charge in [-0.05, 0) is 81.5 Å². The van der Waals surface area contributed by atoms with Crippen LogP contribution in [0.4, 0.5) is 5.69 Å². The van der Waals surface area contributed by atoms with E-state index < -0.39 is 0 Å². The van der Waals surface area contributed by atoms with Crippen LogP contribution in [0.25, 0.3) is 0 Å². The standard InChI is InChI=1S/C22H28N2O4/c1-2-28-21(26)14-17-5-4-16-13-18(6-7-19(16)22(17)27)24-20(25)8-3-15-9-11-23-12-10-15/h3,6-8,13,15,17,23H,2,4-5,9-12,14H2,1H3,(H,24,25)/b8-3+. The zero-order valence-corrected chi connectivity index (χ0v) is 16.3. The maximum Gasteiger partial charge on any atom is 0.306 e. The van der Waals surface area contributed by atoms with Gasteiger partial charge >= 0.3 is 5.97 Å².